The van der Waals surface area contributed by atoms with Crippen molar-refractivity contribution in [2.24, 2.45) is 5.92 Å². The molecule has 1 amide bonds. The third-order valence-corrected chi connectivity index (χ3v) is 4.36. The highest BCUT2D eigenvalue weighted by Crippen LogP contribution is 2.33. The van der Waals surface area contributed by atoms with Gasteiger partial charge in [-0.15, -0.1) is 0 Å². The molecule has 4 nitrogen and oxygen atoms in total. The smallest absolute Gasteiger partial charge is 0.237 e. The summed E-state index contributed by atoms with van der Waals surface area (Å²) in [5.74, 6) is 0.775. The molecule has 4 atom stereocenters. The van der Waals surface area contributed by atoms with Gasteiger partial charge in [0.05, 0.1) is 18.5 Å². The molecule has 1 saturated carbocycles. The molecule has 4 heteroatoms. The van der Waals surface area contributed by atoms with Crippen LogP contribution in [0.3, 0.4) is 0 Å². The summed E-state index contributed by atoms with van der Waals surface area (Å²) in [7, 11) is 0. The van der Waals surface area contributed by atoms with E-state index in [1.54, 1.807) is 0 Å². The summed E-state index contributed by atoms with van der Waals surface area (Å²) >= 11 is 0. The lowest BCUT2D eigenvalue weighted by molar-refractivity contribution is -0.123. The number of nitrogens with one attached hydrogen (secondary N) is 2. The molecule has 1 saturated heterocycles. The Labute approximate surface area is 109 Å². The second-order valence-electron chi connectivity index (χ2n) is 5.58. The molecular formula is C14H23N3O. The van der Waals surface area contributed by atoms with Crippen LogP contribution in [0.25, 0.3) is 0 Å². The molecule has 18 heavy (non-hydrogen) atoms. The summed E-state index contributed by atoms with van der Waals surface area (Å²) in [4.78, 5) is 12.1. The molecular weight excluding hydrogens is 226 g/mol. The highest BCUT2D eigenvalue weighted by molar-refractivity contribution is 5.82. The minimum Gasteiger partial charge on any atom is -0.351 e. The fraction of sp³-hybridized carbons (Fsp3) is 0.857. The molecule has 0 spiro atoms. The molecule has 2 aliphatic rings. The zero-order valence-corrected chi connectivity index (χ0v) is 11.1. The molecule has 2 fully saturated rings. The van der Waals surface area contributed by atoms with Crippen molar-refractivity contribution in [3.63, 3.8) is 0 Å². The van der Waals surface area contributed by atoms with Crippen LogP contribution in [0.4, 0.5) is 0 Å². The lowest BCUT2D eigenvalue weighted by Gasteiger charge is -2.24. The van der Waals surface area contributed by atoms with Gasteiger partial charge >= 0.3 is 0 Å². The maximum atomic E-state index is 12.1. The van der Waals surface area contributed by atoms with E-state index in [4.69, 9.17) is 5.26 Å². The van der Waals surface area contributed by atoms with Crippen molar-refractivity contribution in [3.05, 3.63) is 0 Å². The van der Waals surface area contributed by atoms with E-state index in [0.29, 0.717) is 18.4 Å². The van der Waals surface area contributed by atoms with Crippen molar-refractivity contribution in [2.75, 3.05) is 0 Å². The van der Waals surface area contributed by atoms with E-state index >= 15 is 0 Å². The molecule has 2 N–H and O–H groups in total. The lowest BCUT2D eigenvalue weighted by atomic mass is 9.85. The van der Waals surface area contributed by atoms with Crippen LogP contribution in [-0.4, -0.2) is 24.0 Å². The normalized spacial score (nSPS) is 32.3. The number of carbonyl (C=O) groups excluding carboxylic acids is 1. The molecule has 0 aromatic rings. The van der Waals surface area contributed by atoms with Gasteiger partial charge in [-0.1, -0.05) is 19.8 Å². The Morgan fingerprint density at radius 3 is 2.94 bits per heavy atom. The van der Waals surface area contributed by atoms with E-state index < -0.39 is 0 Å². The summed E-state index contributed by atoms with van der Waals surface area (Å²) in [5.41, 5.74) is 0. The second-order valence-corrected chi connectivity index (χ2v) is 5.58. The minimum absolute atomic E-state index is 0.00641. The molecule has 1 aliphatic heterocycles. The molecule has 0 radical (unpaired) electrons. The number of hydrogen-bond donors (Lipinski definition) is 2. The SMILES string of the molecule is CCC(CC#N)NC(=O)C1CC2CCCCC2N1. The van der Waals surface area contributed by atoms with Crippen molar-refractivity contribution in [1.29, 1.82) is 5.26 Å². The first-order chi connectivity index (χ1) is 8.74. The summed E-state index contributed by atoms with van der Waals surface area (Å²) < 4.78 is 0. The van der Waals surface area contributed by atoms with Crippen molar-refractivity contribution in [3.8, 4) is 6.07 Å². The van der Waals surface area contributed by atoms with Gasteiger partial charge in [0, 0.05) is 12.1 Å². The number of nitriles is 1. The predicted molar refractivity (Wildman–Crippen MR) is 69.7 cm³/mol. The van der Waals surface area contributed by atoms with Crippen LogP contribution in [0.5, 0.6) is 0 Å². The van der Waals surface area contributed by atoms with Crippen molar-refractivity contribution in [2.45, 2.75) is 70.0 Å². The molecule has 4 unspecified atom stereocenters. The molecule has 2 rings (SSSR count). The molecule has 100 valence electrons. The first kappa shape index (κ1) is 13.4. The standard InChI is InChI=1S/C14H23N3O/c1-2-11(7-8-15)16-14(18)13-9-10-5-3-4-6-12(10)17-13/h10-13,17H,2-7,9H2,1H3,(H,16,18). The topological polar surface area (TPSA) is 64.9 Å². The van der Waals surface area contributed by atoms with Crippen LogP contribution in [0.1, 0.15) is 51.9 Å². The van der Waals surface area contributed by atoms with Gasteiger partial charge in [-0.2, -0.15) is 5.26 Å². The van der Waals surface area contributed by atoms with E-state index in [1.807, 2.05) is 6.92 Å². The van der Waals surface area contributed by atoms with Crippen LogP contribution in [0.15, 0.2) is 0 Å². The number of rotatable bonds is 4. The highest BCUT2D eigenvalue weighted by atomic mass is 16.2. The maximum absolute atomic E-state index is 12.1. The van der Waals surface area contributed by atoms with Crippen LogP contribution in [-0.2, 0) is 4.79 Å². The van der Waals surface area contributed by atoms with Gasteiger partial charge in [-0.25, -0.2) is 0 Å². The third kappa shape index (κ3) is 3.02. The zero-order chi connectivity index (χ0) is 13.0. The van der Waals surface area contributed by atoms with Crippen molar-refractivity contribution < 1.29 is 4.79 Å². The van der Waals surface area contributed by atoms with Gasteiger partial charge in [0.1, 0.15) is 0 Å². The van der Waals surface area contributed by atoms with Crippen LogP contribution in [0.2, 0.25) is 0 Å². The van der Waals surface area contributed by atoms with E-state index in [2.05, 4.69) is 16.7 Å². The molecule has 1 aliphatic carbocycles. The Bertz CT molecular complexity index is 322. The maximum Gasteiger partial charge on any atom is 0.237 e. The fourth-order valence-electron chi connectivity index (χ4n) is 3.23. The van der Waals surface area contributed by atoms with E-state index in [1.165, 1.54) is 25.7 Å². The first-order valence-corrected chi connectivity index (χ1v) is 7.18. The Hall–Kier alpha value is -1.08. The lowest BCUT2D eigenvalue weighted by Crippen LogP contribution is -2.46. The Morgan fingerprint density at radius 1 is 1.50 bits per heavy atom. The zero-order valence-electron chi connectivity index (χ0n) is 11.1. The first-order valence-electron chi connectivity index (χ1n) is 7.18. The largest absolute Gasteiger partial charge is 0.351 e. The van der Waals surface area contributed by atoms with Gasteiger partial charge in [0.2, 0.25) is 5.91 Å². The molecule has 0 aromatic heterocycles. The monoisotopic (exact) mass is 249 g/mol. The van der Waals surface area contributed by atoms with E-state index in [-0.39, 0.29) is 18.0 Å². The summed E-state index contributed by atoms with van der Waals surface area (Å²) in [6, 6.07) is 2.65. The third-order valence-electron chi connectivity index (χ3n) is 4.36. The fourth-order valence-corrected chi connectivity index (χ4v) is 3.23. The predicted octanol–water partition coefficient (Wildman–Crippen LogP) is 1.72. The molecule has 1 heterocycles. The van der Waals surface area contributed by atoms with Crippen LogP contribution < -0.4 is 10.6 Å². The number of fused-ring (bicyclic) bond motifs is 1. The van der Waals surface area contributed by atoms with Gasteiger partial charge in [-0.05, 0) is 31.6 Å². The van der Waals surface area contributed by atoms with E-state index in [9.17, 15) is 4.79 Å². The number of amides is 1. The van der Waals surface area contributed by atoms with Crippen LogP contribution >= 0.6 is 0 Å². The van der Waals surface area contributed by atoms with Gasteiger partial charge in [-0.3, -0.25) is 4.79 Å². The van der Waals surface area contributed by atoms with Gasteiger partial charge in [0.25, 0.3) is 0 Å². The quantitative estimate of drug-likeness (QED) is 0.797. The molecule has 0 bridgehead atoms. The number of nitrogens with zero attached hydrogens (tertiary/aromatic N) is 1. The summed E-state index contributed by atoms with van der Waals surface area (Å²) in [6.45, 7) is 2.00. The van der Waals surface area contributed by atoms with Gasteiger partial charge < -0.3 is 10.6 Å². The second kappa shape index (κ2) is 6.19. The highest BCUT2D eigenvalue weighted by Gasteiger charge is 2.38. The van der Waals surface area contributed by atoms with Crippen molar-refractivity contribution in [1.82, 2.24) is 10.6 Å². The van der Waals surface area contributed by atoms with E-state index in [0.717, 1.165) is 12.8 Å². The number of hydrogen-bond acceptors (Lipinski definition) is 3. The Balaban J connectivity index is 1.85. The number of carbonyl (C=O) groups is 1. The Morgan fingerprint density at radius 2 is 2.28 bits per heavy atom. The van der Waals surface area contributed by atoms with Crippen LogP contribution in [0, 0.1) is 17.2 Å². The van der Waals surface area contributed by atoms with Crippen molar-refractivity contribution >= 4 is 5.91 Å². The Kier molecular flexibility index (Phi) is 4.60. The summed E-state index contributed by atoms with van der Waals surface area (Å²) in [5, 5.41) is 15.2. The minimum atomic E-state index is -0.0363. The van der Waals surface area contributed by atoms with Gasteiger partial charge in [0.15, 0.2) is 0 Å². The summed E-state index contributed by atoms with van der Waals surface area (Å²) in [6.07, 6.45) is 7.26. The average molecular weight is 249 g/mol. The average Bonchev–Trinajstić information content (AvgIpc) is 2.82. The molecule has 0 aromatic carbocycles.